The first kappa shape index (κ1) is 21.5. The molecule has 5 heteroatoms. The summed E-state index contributed by atoms with van der Waals surface area (Å²) in [6.45, 7) is 2.38. The average molecular weight is 409 g/mol. The highest BCUT2D eigenvalue weighted by atomic mass is 16.5. The highest BCUT2D eigenvalue weighted by molar-refractivity contribution is 5.43. The Kier molecular flexibility index (Phi) is 7.98. The van der Waals surface area contributed by atoms with Gasteiger partial charge in [-0.2, -0.15) is 0 Å². The molecule has 0 fully saturated rings. The zero-order chi connectivity index (χ0) is 21.2. The van der Waals surface area contributed by atoms with Crippen LogP contribution in [0.2, 0.25) is 0 Å². The maximum Gasteiger partial charge on any atom is 0.161 e. The third-order valence-corrected chi connectivity index (χ3v) is 4.93. The van der Waals surface area contributed by atoms with Crippen LogP contribution >= 0.6 is 0 Å². The van der Waals surface area contributed by atoms with Gasteiger partial charge in [-0.3, -0.25) is 0 Å². The lowest BCUT2D eigenvalue weighted by atomic mass is 10.1. The van der Waals surface area contributed by atoms with E-state index in [2.05, 4.69) is 17.4 Å². The van der Waals surface area contributed by atoms with E-state index in [9.17, 15) is 0 Å². The van der Waals surface area contributed by atoms with Crippen molar-refractivity contribution in [2.75, 3.05) is 27.9 Å². The molecule has 0 aromatic heterocycles. The van der Waals surface area contributed by atoms with E-state index in [0.717, 1.165) is 48.1 Å². The van der Waals surface area contributed by atoms with Crippen molar-refractivity contribution in [1.82, 2.24) is 0 Å². The van der Waals surface area contributed by atoms with Gasteiger partial charge in [-0.15, -0.1) is 0 Å². The van der Waals surface area contributed by atoms with Crippen LogP contribution in [-0.2, 0) is 19.6 Å². The lowest BCUT2D eigenvalue weighted by molar-refractivity contribution is -0.670. The zero-order valence-electron chi connectivity index (χ0n) is 17.9. The molecule has 0 saturated carbocycles. The smallest absolute Gasteiger partial charge is 0.161 e. The van der Waals surface area contributed by atoms with Crippen LogP contribution in [0.25, 0.3) is 0 Å². The van der Waals surface area contributed by atoms with Crippen LogP contribution in [0, 0.1) is 0 Å². The number of benzene rings is 3. The summed E-state index contributed by atoms with van der Waals surface area (Å²) in [4.78, 5) is 0. The summed E-state index contributed by atoms with van der Waals surface area (Å²) >= 11 is 0. The van der Waals surface area contributed by atoms with Gasteiger partial charge >= 0.3 is 0 Å². The Bertz CT molecular complexity index is 928. The van der Waals surface area contributed by atoms with Gasteiger partial charge in [0.05, 0.1) is 27.9 Å². The van der Waals surface area contributed by atoms with Crippen molar-refractivity contribution in [3.63, 3.8) is 0 Å². The Morgan fingerprint density at radius 3 is 2.00 bits per heavy atom. The van der Waals surface area contributed by atoms with E-state index in [-0.39, 0.29) is 0 Å². The Hall–Kier alpha value is -3.18. The first-order chi connectivity index (χ1) is 14.7. The van der Waals surface area contributed by atoms with Gasteiger partial charge in [0.15, 0.2) is 23.0 Å². The Labute approximate surface area is 178 Å². The third-order valence-electron chi connectivity index (χ3n) is 4.93. The van der Waals surface area contributed by atoms with Crippen LogP contribution in [0.15, 0.2) is 66.7 Å². The van der Waals surface area contributed by atoms with Gasteiger partial charge in [0.2, 0.25) is 0 Å². The number of nitrogens with two attached hydrogens (primary N) is 1. The summed E-state index contributed by atoms with van der Waals surface area (Å²) in [6, 6.07) is 22.3. The van der Waals surface area contributed by atoms with Crippen LogP contribution in [-0.4, -0.2) is 27.9 Å². The molecule has 0 radical (unpaired) electrons. The standard InChI is InChI=1S/C25H29NO4/c1-27-22-11-9-19(15-24(22)28-2)13-14-26-17-21-10-12-23(25(16-21)29-3)30-18-20-7-5-4-6-8-20/h4-12,15-16,26H,13-14,17-18H2,1-3H3/p+1. The number of quaternary nitrogens is 1. The monoisotopic (exact) mass is 408 g/mol. The number of rotatable bonds is 11. The summed E-state index contributed by atoms with van der Waals surface area (Å²) in [7, 11) is 4.99. The Morgan fingerprint density at radius 1 is 0.633 bits per heavy atom. The van der Waals surface area contributed by atoms with Crippen molar-refractivity contribution in [3.8, 4) is 23.0 Å². The lowest BCUT2D eigenvalue weighted by Crippen LogP contribution is -2.83. The number of ether oxygens (including phenoxy) is 4. The largest absolute Gasteiger partial charge is 0.493 e. The summed E-state index contributed by atoms with van der Waals surface area (Å²) in [5.74, 6) is 3.05. The van der Waals surface area contributed by atoms with Gasteiger partial charge in [-0.1, -0.05) is 36.4 Å². The molecule has 3 rings (SSSR count). The SMILES string of the molecule is COc1ccc(CC[NH2+]Cc2ccc(OCc3ccccc3)c(OC)c2)cc1OC. The van der Waals surface area contributed by atoms with Crippen molar-refractivity contribution < 1.29 is 24.3 Å². The second-order valence-electron chi connectivity index (χ2n) is 6.98. The molecule has 0 spiro atoms. The molecule has 0 amide bonds. The van der Waals surface area contributed by atoms with Gasteiger partial charge in [-0.05, 0) is 41.5 Å². The zero-order valence-corrected chi connectivity index (χ0v) is 17.9. The predicted molar refractivity (Wildman–Crippen MR) is 118 cm³/mol. The van der Waals surface area contributed by atoms with Gasteiger partial charge in [0.1, 0.15) is 13.2 Å². The van der Waals surface area contributed by atoms with E-state index in [0.29, 0.717) is 6.61 Å². The molecule has 0 bridgehead atoms. The van der Waals surface area contributed by atoms with Crippen molar-refractivity contribution in [2.24, 2.45) is 0 Å². The molecular weight excluding hydrogens is 378 g/mol. The fourth-order valence-electron chi connectivity index (χ4n) is 3.27. The molecule has 0 aliphatic rings. The normalized spacial score (nSPS) is 10.5. The van der Waals surface area contributed by atoms with Crippen LogP contribution in [0.3, 0.4) is 0 Å². The van der Waals surface area contributed by atoms with Crippen molar-refractivity contribution in [3.05, 3.63) is 83.4 Å². The minimum atomic E-state index is 0.522. The first-order valence-electron chi connectivity index (χ1n) is 10.1. The van der Waals surface area contributed by atoms with E-state index >= 15 is 0 Å². The lowest BCUT2D eigenvalue weighted by Gasteiger charge is -2.12. The van der Waals surface area contributed by atoms with Gasteiger partial charge in [0.25, 0.3) is 0 Å². The fraction of sp³-hybridized carbons (Fsp3) is 0.280. The van der Waals surface area contributed by atoms with Crippen LogP contribution in [0.4, 0.5) is 0 Å². The van der Waals surface area contributed by atoms with E-state index in [1.54, 1.807) is 21.3 Å². The van der Waals surface area contributed by atoms with E-state index < -0.39 is 0 Å². The first-order valence-corrected chi connectivity index (χ1v) is 10.1. The molecule has 0 unspecified atom stereocenters. The quantitative estimate of drug-likeness (QED) is 0.493. The molecule has 0 saturated heterocycles. The molecule has 0 heterocycles. The van der Waals surface area contributed by atoms with Crippen LogP contribution in [0.5, 0.6) is 23.0 Å². The summed E-state index contributed by atoms with van der Waals surface area (Å²) in [5, 5.41) is 2.29. The summed E-state index contributed by atoms with van der Waals surface area (Å²) < 4.78 is 22.1. The van der Waals surface area contributed by atoms with Crippen LogP contribution in [0.1, 0.15) is 16.7 Å². The Balaban J connectivity index is 1.51. The molecular formula is C25H30NO4+. The molecule has 5 nitrogen and oxygen atoms in total. The number of hydrogen-bond donors (Lipinski definition) is 1. The topological polar surface area (TPSA) is 53.5 Å². The van der Waals surface area contributed by atoms with E-state index in [1.165, 1.54) is 11.1 Å². The molecule has 0 atom stereocenters. The van der Waals surface area contributed by atoms with Crippen molar-refractivity contribution in [2.45, 2.75) is 19.6 Å². The molecule has 0 aliphatic carbocycles. The second-order valence-corrected chi connectivity index (χ2v) is 6.98. The maximum atomic E-state index is 5.94. The molecule has 0 aliphatic heterocycles. The Morgan fingerprint density at radius 2 is 1.27 bits per heavy atom. The van der Waals surface area contributed by atoms with Crippen molar-refractivity contribution >= 4 is 0 Å². The van der Waals surface area contributed by atoms with E-state index in [4.69, 9.17) is 18.9 Å². The molecule has 158 valence electrons. The molecule has 3 aromatic rings. The van der Waals surface area contributed by atoms with Gasteiger partial charge in [-0.25, -0.2) is 0 Å². The minimum Gasteiger partial charge on any atom is -0.493 e. The highest BCUT2D eigenvalue weighted by Crippen LogP contribution is 2.29. The predicted octanol–water partition coefficient (Wildman–Crippen LogP) is 3.60. The van der Waals surface area contributed by atoms with Gasteiger partial charge < -0.3 is 24.3 Å². The van der Waals surface area contributed by atoms with Crippen LogP contribution < -0.4 is 24.3 Å². The summed E-state index contributed by atoms with van der Waals surface area (Å²) in [5.41, 5.74) is 3.56. The molecule has 30 heavy (non-hydrogen) atoms. The second kappa shape index (κ2) is 11.1. The minimum absolute atomic E-state index is 0.522. The maximum absolute atomic E-state index is 5.94. The van der Waals surface area contributed by atoms with Gasteiger partial charge in [0, 0.05) is 12.0 Å². The summed E-state index contributed by atoms with van der Waals surface area (Å²) in [6.07, 6.45) is 0.954. The molecule has 2 N–H and O–H groups in total. The van der Waals surface area contributed by atoms with E-state index in [1.807, 2.05) is 54.6 Å². The highest BCUT2D eigenvalue weighted by Gasteiger charge is 2.08. The average Bonchev–Trinajstić information content (AvgIpc) is 2.81. The third kappa shape index (κ3) is 5.91. The fourth-order valence-corrected chi connectivity index (χ4v) is 3.27. The van der Waals surface area contributed by atoms with Crippen molar-refractivity contribution in [1.29, 1.82) is 0 Å². The number of methoxy groups -OCH3 is 3. The molecule has 3 aromatic carbocycles. The number of hydrogen-bond acceptors (Lipinski definition) is 4.